The van der Waals surface area contributed by atoms with E-state index in [-0.39, 0.29) is 23.4 Å². The molecular weight excluding hydrogens is 319 g/mol. The van der Waals surface area contributed by atoms with Gasteiger partial charge in [-0.15, -0.1) is 0 Å². The summed E-state index contributed by atoms with van der Waals surface area (Å²) in [5, 5.41) is 6.41. The van der Waals surface area contributed by atoms with Gasteiger partial charge in [-0.2, -0.15) is 5.10 Å². The maximum atomic E-state index is 13.7. The van der Waals surface area contributed by atoms with Crippen LogP contribution in [-0.2, 0) is 6.54 Å². The molecule has 0 fully saturated rings. The molecule has 7 heteroatoms. The Kier molecular flexibility index (Phi) is 4.33. The average molecular weight is 331 g/mol. The summed E-state index contributed by atoms with van der Waals surface area (Å²) in [7, 11) is 0. The Morgan fingerprint density at radius 2 is 1.88 bits per heavy atom. The first kappa shape index (κ1) is 15.8. The number of benzene rings is 2. The van der Waals surface area contributed by atoms with Crippen LogP contribution in [0.4, 0.5) is 13.2 Å². The zero-order valence-electron chi connectivity index (χ0n) is 12.3. The standard InChI is InChI=1S/C17H12F3N3O/c18-13-5-6-14(19)11(7-13)8-21-17(24)12-9-22-23(10-12)16-4-2-1-3-15(16)20/h1-7,9-10H,8H2,(H,21,24). The third kappa shape index (κ3) is 3.29. The van der Waals surface area contributed by atoms with Crippen LogP contribution >= 0.6 is 0 Å². The molecule has 24 heavy (non-hydrogen) atoms. The van der Waals surface area contributed by atoms with Crippen LogP contribution in [0.2, 0.25) is 0 Å². The number of rotatable bonds is 4. The zero-order valence-corrected chi connectivity index (χ0v) is 12.3. The molecule has 0 unspecified atom stereocenters. The summed E-state index contributed by atoms with van der Waals surface area (Å²) >= 11 is 0. The van der Waals surface area contributed by atoms with Gasteiger partial charge in [-0.25, -0.2) is 17.9 Å². The van der Waals surface area contributed by atoms with Crippen LogP contribution in [0.15, 0.2) is 54.9 Å². The molecule has 0 spiro atoms. The largest absolute Gasteiger partial charge is 0.348 e. The molecule has 1 heterocycles. The molecule has 0 saturated carbocycles. The summed E-state index contributed by atoms with van der Waals surface area (Å²) in [6.07, 6.45) is 2.62. The number of amides is 1. The highest BCUT2D eigenvalue weighted by molar-refractivity contribution is 5.93. The average Bonchev–Trinajstić information content (AvgIpc) is 3.05. The van der Waals surface area contributed by atoms with E-state index < -0.39 is 23.4 Å². The number of nitrogens with zero attached hydrogens (tertiary/aromatic N) is 2. The van der Waals surface area contributed by atoms with Gasteiger partial charge in [0.2, 0.25) is 0 Å². The van der Waals surface area contributed by atoms with Crippen molar-refractivity contribution in [2.24, 2.45) is 0 Å². The van der Waals surface area contributed by atoms with Crippen molar-refractivity contribution in [3.05, 3.63) is 83.4 Å². The fourth-order valence-corrected chi connectivity index (χ4v) is 2.17. The Hall–Kier alpha value is -3.09. The number of carbonyl (C=O) groups is 1. The lowest BCUT2D eigenvalue weighted by Gasteiger charge is -2.05. The Labute approximate surface area is 135 Å². The van der Waals surface area contributed by atoms with E-state index in [4.69, 9.17) is 0 Å². The number of para-hydroxylation sites is 1. The monoisotopic (exact) mass is 331 g/mol. The maximum Gasteiger partial charge on any atom is 0.254 e. The second kappa shape index (κ2) is 6.57. The highest BCUT2D eigenvalue weighted by Crippen LogP contribution is 2.13. The van der Waals surface area contributed by atoms with Crippen molar-refractivity contribution in [1.29, 1.82) is 0 Å². The Bertz CT molecular complexity index is 892. The van der Waals surface area contributed by atoms with Gasteiger partial charge in [0.25, 0.3) is 5.91 Å². The van der Waals surface area contributed by atoms with Gasteiger partial charge in [-0.3, -0.25) is 4.79 Å². The smallest absolute Gasteiger partial charge is 0.254 e. The Balaban J connectivity index is 1.72. The summed E-state index contributed by atoms with van der Waals surface area (Å²) in [5.41, 5.74) is 0.410. The molecule has 3 aromatic rings. The third-order valence-electron chi connectivity index (χ3n) is 3.39. The molecule has 0 aliphatic heterocycles. The maximum absolute atomic E-state index is 13.7. The first-order valence-corrected chi connectivity index (χ1v) is 7.06. The predicted molar refractivity (Wildman–Crippen MR) is 81.1 cm³/mol. The highest BCUT2D eigenvalue weighted by Gasteiger charge is 2.12. The first-order valence-electron chi connectivity index (χ1n) is 7.06. The van der Waals surface area contributed by atoms with Crippen LogP contribution in [0.5, 0.6) is 0 Å². The van der Waals surface area contributed by atoms with Crippen LogP contribution in [0.3, 0.4) is 0 Å². The van der Waals surface area contributed by atoms with E-state index in [2.05, 4.69) is 10.4 Å². The second-order valence-corrected chi connectivity index (χ2v) is 5.04. The highest BCUT2D eigenvalue weighted by atomic mass is 19.1. The topological polar surface area (TPSA) is 46.9 Å². The molecular formula is C17H12F3N3O. The fourth-order valence-electron chi connectivity index (χ4n) is 2.17. The minimum absolute atomic E-state index is 0.0323. The van der Waals surface area contributed by atoms with Crippen LogP contribution in [0.25, 0.3) is 5.69 Å². The molecule has 1 amide bonds. The molecule has 122 valence electrons. The lowest BCUT2D eigenvalue weighted by atomic mass is 10.2. The normalized spacial score (nSPS) is 10.6. The van der Waals surface area contributed by atoms with Gasteiger partial charge >= 0.3 is 0 Å². The summed E-state index contributed by atoms with van der Waals surface area (Å²) in [5.74, 6) is -2.21. The summed E-state index contributed by atoms with van der Waals surface area (Å²) in [6.45, 7) is -0.173. The van der Waals surface area contributed by atoms with Crippen molar-refractivity contribution < 1.29 is 18.0 Å². The molecule has 0 saturated heterocycles. The third-order valence-corrected chi connectivity index (χ3v) is 3.39. The summed E-state index contributed by atoms with van der Waals surface area (Å²) < 4.78 is 41.5. The van der Waals surface area contributed by atoms with Gasteiger partial charge in [0.05, 0.1) is 11.8 Å². The van der Waals surface area contributed by atoms with E-state index in [1.54, 1.807) is 12.1 Å². The van der Waals surface area contributed by atoms with Crippen molar-refractivity contribution >= 4 is 5.91 Å². The molecule has 0 aliphatic carbocycles. The minimum Gasteiger partial charge on any atom is -0.348 e. The van der Waals surface area contributed by atoms with E-state index in [9.17, 15) is 18.0 Å². The molecule has 0 radical (unpaired) electrons. The molecule has 1 aromatic heterocycles. The van der Waals surface area contributed by atoms with Gasteiger partial charge in [0, 0.05) is 18.3 Å². The van der Waals surface area contributed by atoms with Crippen molar-refractivity contribution in [2.75, 3.05) is 0 Å². The number of nitrogens with one attached hydrogen (secondary N) is 1. The molecule has 0 bridgehead atoms. The summed E-state index contributed by atoms with van der Waals surface area (Å²) in [4.78, 5) is 12.1. The van der Waals surface area contributed by atoms with Crippen molar-refractivity contribution in [2.45, 2.75) is 6.54 Å². The van der Waals surface area contributed by atoms with Crippen molar-refractivity contribution in [1.82, 2.24) is 15.1 Å². The van der Waals surface area contributed by atoms with Crippen molar-refractivity contribution in [3.63, 3.8) is 0 Å². The molecule has 0 atom stereocenters. The number of hydrogen-bond acceptors (Lipinski definition) is 2. The number of halogens is 3. The molecule has 2 aromatic carbocycles. The Morgan fingerprint density at radius 3 is 2.67 bits per heavy atom. The van der Waals surface area contributed by atoms with E-state index in [0.717, 1.165) is 18.2 Å². The van der Waals surface area contributed by atoms with Crippen LogP contribution in [0, 0.1) is 17.5 Å². The van der Waals surface area contributed by atoms with Crippen LogP contribution in [0.1, 0.15) is 15.9 Å². The van der Waals surface area contributed by atoms with Gasteiger partial charge in [-0.1, -0.05) is 12.1 Å². The quantitative estimate of drug-likeness (QED) is 0.798. The molecule has 3 rings (SSSR count). The number of aromatic nitrogens is 2. The molecule has 4 nitrogen and oxygen atoms in total. The van der Waals surface area contributed by atoms with E-state index in [0.29, 0.717) is 0 Å². The molecule has 0 aliphatic rings. The summed E-state index contributed by atoms with van der Waals surface area (Å²) in [6, 6.07) is 9.00. The zero-order chi connectivity index (χ0) is 17.1. The first-order chi connectivity index (χ1) is 11.5. The number of hydrogen-bond donors (Lipinski definition) is 1. The van der Waals surface area contributed by atoms with Gasteiger partial charge in [0.15, 0.2) is 0 Å². The van der Waals surface area contributed by atoms with Crippen molar-refractivity contribution in [3.8, 4) is 5.69 Å². The SMILES string of the molecule is O=C(NCc1cc(F)ccc1F)c1cnn(-c2ccccc2F)c1. The van der Waals surface area contributed by atoms with Gasteiger partial charge < -0.3 is 5.32 Å². The number of carbonyl (C=O) groups excluding carboxylic acids is 1. The van der Waals surface area contributed by atoms with Gasteiger partial charge in [-0.05, 0) is 30.3 Å². The van der Waals surface area contributed by atoms with Crippen LogP contribution in [-0.4, -0.2) is 15.7 Å². The second-order valence-electron chi connectivity index (χ2n) is 5.04. The fraction of sp³-hybridized carbons (Fsp3) is 0.0588. The predicted octanol–water partition coefficient (Wildman–Crippen LogP) is 3.22. The van der Waals surface area contributed by atoms with Crippen LogP contribution < -0.4 is 5.32 Å². The van der Waals surface area contributed by atoms with Gasteiger partial charge in [0.1, 0.15) is 23.1 Å². The Morgan fingerprint density at radius 1 is 1.08 bits per heavy atom. The lowest BCUT2D eigenvalue weighted by molar-refractivity contribution is 0.0950. The molecule has 1 N–H and O–H groups in total. The van der Waals surface area contributed by atoms with E-state index in [1.807, 2.05) is 0 Å². The lowest BCUT2D eigenvalue weighted by Crippen LogP contribution is -2.23. The van der Waals surface area contributed by atoms with E-state index in [1.165, 1.54) is 29.2 Å². The minimum atomic E-state index is -0.612. The van der Waals surface area contributed by atoms with E-state index >= 15 is 0 Å².